The second kappa shape index (κ2) is 21.0. The lowest BCUT2D eigenvalue weighted by Gasteiger charge is -2.44. The van der Waals surface area contributed by atoms with Gasteiger partial charge in [0.1, 0.15) is 17.2 Å². The van der Waals surface area contributed by atoms with Gasteiger partial charge in [0.15, 0.2) is 6.10 Å². The van der Waals surface area contributed by atoms with Crippen molar-refractivity contribution in [2.45, 2.75) is 147 Å². The van der Waals surface area contributed by atoms with Crippen LogP contribution in [0.25, 0.3) is 6.08 Å². The van der Waals surface area contributed by atoms with Crippen molar-refractivity contribution >= 4 is 23.7 Å². The summed E-state index contributed by atoms with van der Waals surface area (Å²) in [5.74, 6) is 5.28. The number of anilines is 1. The summed E-state index contributed by atoms with van der Waals surface area (Å²) >= 11 is 0. The minimum atomic E-state index is -1.03. The monoisotopic (exact) mass is 1010 g/mol. The molecule has 0 heterocycles. The fourth-order valence-corrected chi connectivity index (χ4v) is 11.0. The molecular weight excluding hydrogens is 934 g/mol. The van der Waals surface area contributed by atoms with Crippen molar-refractivity contribution in [3.8, 4) is 17.6 Å². The number of esters is 1. The van der Waals surface area contributed by atoms with Gasteiger partial charge in [-0.25, -0.2) is 14.0 Å². The van der Waals surface area contributed by atoms with E-state index in [1.165, 1.54) is 41.0 Å². The van der Waals surface area contributed by atoms with E-state index in [4.69, 9.17) is 9.47 Å². The molecule has 75 heavy (non-hydrogen) atoms. The summed E-state index contributed by atoms with van der Waals surface area (Å²) in [6.07, 6.45) is 7.26. The quantitative estimate of drug-likeness (QED) is 0.0829. The third-order valence-electron chi connectivity index (χ3n) is 15.9. The van der Waals surface area contributed by atoms with E-state index >= 15 is 0 Å². The Kier molecular flexibility index (Phi) is 15.2. The molecule has 0 bridgehead atoms. The van der Waals surface area contributed by atoms with Crippen molar-refractivity contribution in [1.29, 1.82) is 0 Å². The first-order chi connectivity index (χ1) is 35.2. The lowest BCUT2D eigenvalue weighted by atomic mass is 9.61. The number of aliphatic hydroxyl groups is 1. The van der Waals surface area contributed by atoms with Crippen LogP contribution in [0.1, 0.15) is 189 Å². The first-order valence-electron chi connectivity index (χ1n) is 26.3. The number of carbonyl (C=O) groups excluding carboxylic acids is 1. The molecule has 2 aliphatic rings. The molecule has 0 radical (unpaired) electrons. The van der Waals surface area contributed by atoms with Crippen molar-refractivity contribution < 1.29 is 33.7 Å². The Hall–Kier alpha value is -6.95. The predicted octanol–water partition coefficient (Wildman–Crippen LogP) is 15.1. The summed E-state index contributed by atoms with van der Waals surface area (Å²) in [4.78, 5) is 28.1. The minimum Gasteiger partial charge on any atom is -0.483 e. The number of aliphatic hydroxyl groups excluding tert-OH is 1. The number of hydrogen-bond acceptors (Lipinski definition) is 6. The molecule has 8 rings (SSSR count). The highest BCUT2D eigenvalue weighted by Gasteiger charge is 2.42. The molecule has 2 atom stereocenters. The molecule has 0 aliphatic heterocycles. The fraction of sp³-hybridized carbons (Fsp3) is 0.373. The Balaban J connectivity index is 1.10. The van der Waals surface area contributed by atoms with Crippen LogP contribution in [0.15, 0.2) is 127 Å². The third-order valence-corrected chi connectivity index (χ3v) is 15.9. The van der Waals surface area contributed by atoms with Gasteiger partial charge in [-0.15, -0.1) is 0 Å². The Morgan fingerprint density at radius 2 is 1.25 bits per heavy atom. The highest BCUT2D eigenvalue weighted by Crippen LogP contribution is 2.52. The molecule has 0 fully saturated rings. The van der Waals surface area contributed by atoms with E-state index in [1.54, 1.807) is 30.3 Å². The number of nitrogens with zero attached hydrogens (tertiary/aromatic N) is 1. The lowest BCUT2D eigenvalue weighted by Crippen LogP contribution is -2.36. The Morgan fingerprint density at radius 1 is 0.693 bits per heavy atom. The molecule has 0 saturated carbocycles. The molecule has 0 amide bonds. The van der Waals surface area contributed by atoms with Gasteiger partial charge in [-0.05, 0) is 197 Å². The van der Waals surface area contributed by atoms with Crippen LogP contribution >= 0.6 is 0 Å². The summed E-state index contributed by atoms with van der Waals surface area (Å²) in [7, 11) is 4.04. The molecule has 6 aromatic carbocycles. The second-order valence-electron chi connectivity index (χ2n) is 24.1. The van der Waals surface area contributed by atoms with E-state index in [0.29, 0.717) is 22.4 Å². The number of carboxylic acids is 1. The molecule has 8 heteroatoms. The predicted molar refractivity (Wildman–Crippen MR) is 301 cm³/mol. The highest BCUT2D eigenvalue weighted by atomic mass is 19.1. The minimum absolute atomic E-state index is 0.0313. The smallest absolute Gasteiger partial charge is 0.339 e. The number of ether oxygens (including phenoxy) is 2. The van der Waals surface area contributed by atoms with Crippen LogP contribution in [0.2, 0.25) is 0 Å². The average molecular weight is 1010 g/mol. The number of aromatic carboxylic acids is 1. The van der Waals surface area contributed by atoms with Gasteiger partial charge in [0.05, 0.1) is 17.2 Å². The van der Waals surface area contributed by atoms with Crippen LogP contribution in [0.3, 0.4) is 0 Å². The standard InChI is InChI=1S/C67H74FNO6/c1-63(2)35-37-65(5,6)59-48(26-17-45-18-29-52(68)30-19-45)39-49(40-54(59)63)56(70)33-20-43-15-24-47(25-16-43)62(73)74-57(34-21-44-13-22-46(23-14-44)61(71)72)50-41-55-60(66(7,8)38-36-64(55,3)4)58(42-50)75-67(9,10)51-27-31-53(32-28-51)69(11)12/h13-16,18-20,22-25,27-33,39-42,56-57,70H,17,26,35-38H2,1-12H3,(H,71,72). The number of carbonyl (C=O) groups is 2. The van der Waals surface area contributed by atoms with E-state index in [2.05, 4.69) is 128 Å². The summed E-state index contributed by atoms with van der Waals surface area (Å²) in [5, 5.41) is 21.4. The number of halogens is 1. The number of rotatable bonds is 14. The van der Waals surface area contributed by atoms with Crippen molar-refractivity contribution in [2.75, 3.05) is 19.0 Å². The molecule has 6 aromatic rings. The van der Waals surface area contributed by atoms with Crippen LogP contribution in [-0.2, 0) is 44.8 Å². The molecule has 0 saturated heterocycles. The SMILES string of the molecule is CN(C)c1ccc(C(C)(C)Oc2cc(C(C#Cc3ccc(C(=O)O)cc3)OC(=O)c3ccc(C=CC(O)c4cc(CCc5ccc(F)cc5)c5c(c4)C(C)(C)CCC5(C)C)cc3)cc3c2C(C)(C)CCC3(C)C)cc1. The molecule has 7 nitrogen and oxygen atoms in total. The maximum absolute atomic E-state index is 14.4. The van der Waals surface area contributed by atoms with Gasteiger partial charge in [-0.1, -0.05) is 122 Å². The lowest BCUT2D eigenvalue weighted by molar-refractivity contribution is 0.0404. The number of carboxylic acid groups (broad SMARTS) is 1. The van der Waals surface area contributed by atoms with Crippen LogP contribution in [-0.4, -0.2) is 36.2 Å². The van der Waals surface area contributed by atoms with Crippen molar-refractivity contribution in [3.05, 3.63) is 206 Å². The molecular formula is C67H74FNO6. The summed E-state index contributed by atoms with van der Waals surface area (Å²) < 4.78 is 27.4. The average Bonchev–Trinajstić information content (AvgIpc) is 3.36. The van der Waals surface area contributed by atoms with Crippen LogP contribution in [0.4, 0.5) is 10.1 Å². The Bertz CT molecular complexity index is 3170. The second-order valence-corrected chi connectivity index (χ2v) is 24.1. The summed E-state index contributed by atoms with van der Waals surface area (Å²) in [5.41, 5.74) is 11.3. The van der Waals surface area contributed by atoms with Crippen LogP contribution in [0, 0.1) is 17.7 Å². The van der Waals surface area contributed by atoms with Gasteiger partial charge in [-0.2, -0.15) is 0 Å². The van der Waals surface area contributed by atoms with Gasteiger partial charge in [0.25, 0.3) is 0 Å². The van der Waals surface area contributed by atoms with E-state index in [-0.39, 0.29) is 33.0 Å². The van der Waals surface area contributed by atoms with Crippen molar-refractivity contribution in [3.63, 3.8) is 0 Å². The molecule has 2 aliphatic carbocycles. The maximum atomic E-state index is 14.4. The summed E-state index contributed by atoms with van der Waals surface area (Å²) in [6, 6.07) is 36.9. The number of hydrogen-bond donors (Lipinski definition) is 2. The van der Waals surface area contributed by atoms with Crippen LogP contribution in [0.5, 0.6) is 5.75 Å². The van der Waals surface area contributed by atoms with Gasteiger partial charge in [0, 0.05) is 36.5 Å². The zero-order valence-corrected chi connectivity index (χ0v) is 46.0. The molecule has 2 N–H and O–H groups in total. The first-order valence-corrected chi connectivity index (χ1v) is 26.3. The van der Waals surface area contributed by atoms with Gasteiger partial charge in [-0.3, -0.25) is 0 Å². The van der Waals surface area contributed by atoms with E-state index in [1.807, 2.05) is 50.5 Å². The largest absolute Gasteiger partial charge is 0.483 e. The molecule has 390 valence electrons. The van der Waals surface area contributed by atoms with E-state index in [0.717, 1.165) is 77.6 Å². The Labute approximate surface area is 444 Å². The highest BCUT2D eigenvalue weighted by molar-refractivity contribution is 5.90. The van der Waals surface area contributed by atoms with Gasteiger partial charge in [0.2, 0.25) is 0 Å². The number of benzene rings is 6. The Morgan fingerprint density at radius 3 is 1.85 bits per heavy atom. The van der Waals surface area contributed by atoms with E-state index < -0.39 is 29.7 Å². The topological polar surface area (TPSA) is 96.3 Å². The first kappa shape index (κ1) is 54.3. The molecule has 0 spiro atoms. The van der Waals surface area contributed by atoms with Crippen molar-refractivity contribution in [1.82, 2.24) is 0 Å². The third kappa shape index (κ3) is 12.1. The molecule has 0 aromatic heterocycles. The van der Waals surface area contributed by atoms with Gasteiger partial charge < -0.3 is 24.6 Å². The van der Waals surface area contributed by atoms with Crippen molar-refractivity contribution in [2.24, 2.45) is 0 Å². The van der Waals surface area contributed by atoms with E-state index in [9.17, 15) is 24.2 Å². The number of fused-ring (bicyclic) bond motifs is 2. The zero-order valence-electron chi connectivity index (χ0n) is 46.0. The molecule has 2 unspecified atom stereocenters. The zero-order chi connectivity index (χ0) is 54.3. The summed E-state index contributed by atoms with van der Waals surface area (Å²) in [6.45, 7) is 22.3. The fourth-order valence-electron chi connectivity index (χ4n) is 11.0. The normalized spacial score (nSPS) is 16.9. The van der Waals surface area contributed by atoms with Gasteiger partial charge >= 0.3 is 11.9 Å². The van der Waals surface area contributed by atoms with Crippen LogP contribution < -0.4 is 9.64 Å². The number of aryl methyl sites for hydroxylation is 2. The maximum Gasteiger partial charge on any atom is 0.339 e.